The summed E-state index contributed by atoms with van der Waals surface area (Å²) in [5.74, 6) is 1.51. The molecule has 0 saturated carbocycles. The highest BCUT2D eigenvalue weighted by Gasteiger charge is 2.31. The zero-order chi connectivity index (χ0) is 26.9. The van der Waals surface area contributed by atoms with Gasteiger partial charge in [-0.15, -0.1) is 0 Å². The summed E-state index contributed by atoms with van der Waals surface area (Å²) in [5, 5.41) is 4.55. The second-order valence-corrected chi connectivity index (χ2v) is 11.9. The molecule has 198 valence electrons. The summed E-state index contributed by atoms with van der Waals surface area (Å²) in [6.45, 7) is 10.4. The van der Waals surface area contributed by atoms with Crippen molar-refractivity contribution in [2.75, 3.05) is 31.5 Å². The van der Waals surface area contributed by atoms with Crippen LogP contribution >= 0.6 is 0 Å². The van der Waals surface area contributed by atoms with E-state index in [1.165, 1.54) is 0 Å². The molecule has 2 heterocycles. The minimum atomic E-state index is -3.51. The number of benzene rings is 3. The molecule has 7 nitrogen and oxygen atoms in total. The molecule has 38 heavy (non-hydrogen) atoms. The van der Waals surface area contributed by atoms with Crippen molar-refractivity contribution in [2.24, 2.45) is 0 Å². The Morgan fingerprint density at radius 2 is 1.53 bits per heavy atom. The number of aromatic nitrogens is 2. The van der Waals surface area contributed by atoms with Gasteiger partial charge >= 0.3 is 0 Å². The van der Waals surface area contributed by atoms with E-state index in [4.69, 9.17) is 9.97 Å². The molecule has 8 heteroatoms. The monoisotopic (exact) mass is 529 g/mol. The van der Waals surface area contributed by atoms with Crippen molar-refractivity contribution in [2.45, 2.75) is 45.1 Å². The molecule has 1 aliphatic rings. The van der Waals surface area contributed by atoms with Crippen LogP contribution in [-0.2, 0) is 16.4 Å². The van der Waals surface area contributed by atoms with Crippen LogP contribution in [0.4, 0.5) is 11.5 Å². The van der Waals surface area contributed by atoms with Gasteiger partial charge in [0.2, 0.25) is 10.0 Å². The number of fused-ring (bicyclic) bond motifs is 1. The van der Waals surface area contributed by atoms with Gasteiger partial charge < -0.3 is 5.32 Å². The Morgan fingerprint density at radius 3 is 2.18 bits per heavy atom. The molecule has 1 saturated heterocycles. The first-order chi connectivity index (χ1) is 18.3. The van der Waals surface area contributed by atoms with Crippen LogP contribution in [0, 0.1) is 13.8 Å². The van der Waals surface area contributed by atoms with Crippen LogP contribution in [0.1, 0.15) is 42.4 Å². The predicted octanol–water partition coefficient (Wildman–Crippen LogP) is 5.62. The van der Waals surface area contributed by atoms with Gasteiger partial charge in [-0.2, -0.15) is 4.31 Å². The molecule has 1 aliphatic heterocycles. The van der Waals surface area contributed by atoms with Gasteiger partial charge in [0.1, 0.15) is 11.6 Å². The quantitative estimate of drug-likeness (QED) is 0.335. The first-order valence-corrected chi connectivity index (χ1v) is 14.6. The molecule has 1 fully saturated rings. The molecule has 0 radical (unpaired) electrons. The standard InChI is InChI=1S/C30H35N5O2S/c1-5-24-13-15-25(16-14-24)38(36,37)35-19-17-34(18-20-35)23(4)29-31-27-12-7-6-11-26(27)30(33-29)32-28-21(2)9-8-10-22(28)3/h6-16,23H,5,17-20H2,1-4H3,(H,31,32,33)/t23-/m1/s1. The van der Waals surface area contributed by atoms with Crippen molar-refractivity contribution in [3.63, 3.8) is 0 Å². The zero-order valence-corrected chi connectivity index (χ0v) is 23.3. The molecule has 1 aromatic heterocycles. The van der Waals surface area contributed by atoms with Gasteiger partial charge in [0.25, 0.3) is 0 Å². The highest BCUT2D eigenvalue weighted by atomic mass is 32.2. The molecular weight excluding hydrogens is 494 g/mol. The van der Waals surface area contributed by atoms with E-state index in [-0.39, 0.29) is 6.04 Å². The third kappa shape index (κ3) is 5.16. The van der Waals surface area contributed by atoms with E-state index in [0.29, 0.717) is 31.1 Å². The summed E-state index contributed by atoms with van der Waals surface area (Å²) in [6.07, 6.45) is 0.884. The fourth-order valence-electron chi connectivity index (χ4n) is 5.05. The van der Waals surface area contributed by atoms with Crippen molar-refractivity contribution >= 4 is 32.4 Å². The second kappa shape index (κ2) is 10.8. The van der Waals surface area contributed by atoms with Crippen molar-refractivity contribution in [3.05, 3.63) is 89.2 Å². The Balaban J connectivity index is 1.36. The molecule has 0 amide bonds. The Hall–Kier alpha value is -3.33. The molecule has 1 N–H and O–H groups in total. The number of aryl methyl sites for hydroxylation is 3. The molecule has 0 unspecified atom stereocenters. The zero-order valence-electron chi connectivity index (χ0n) is 22.5. The Bertz CT molecular complexity index is 1520. The number of nitrogens with one attached hydrogen (secondary N) is 1. The molecular formula is C30H35N5O2S. The maximum Gasteiger partial charge on any atom is 0.243 e. The van der Waals surface area contributed by atoms with Gasteiger partial charge in [-0.1, -0.05) is 49.4 Å². The number of hydrogen-bond donors (Lipinski definition) is 1. The topological polar surface area (TPSA) is 78.4 Å². The number of anilines is 2. The van der Waals surface area contributed by atoms with Crippen molar-refractivity contribution in [3.8, 4) is 0 Å². The van der Waals surface area contributed by atoms with Crippen molar-refractivity contribution < 1.29 is 8.42 Å². The predicted molar refractivity (Wildman–Crippen MR) is 153 cm³/mol. The van der Waals surface area contributed by atoms with E-state index in [0.717, 1.165) is 51.3 Å². The van der Waals surface area contributed by atoms with E-state index >= 15 is 0 Å². The molecule has 0 aliphatic carbocycles. The summed E-state index contributed by atoms with van der Waals surface area (Å²) in [6, 6.07) is 21.4. The van der Waals surface area contributed by atoms with E-state index < -0.39 is 10.0 Å². The van der Waals surface area contributed by atoms with Crippen molar-refractivity contribution in [1.82, 2.24) is 19.2 Å². The minimum absolute atomic E-state index is 0.0631. The fraction of sp³-hybridized carbons (Fsp3) is 0.333. The largest absolute Gasteiger partial charge is 0.339 e. The van der Waals surface area contributed by atoms with Crippen LogP contribution in [0.5, 0.6) is 0 Å². The van der Waals surface area contributed by atoms with Crippen LogP contribution in [0.25, 0.3) is 10.9 Å². The van der Waals surface area contributed by atoms with Crippen LogP contribution in [0.15, 0.2) is 71.6 Å². The van der Waals surface area contributed by atoms with E-state index in [1.54, 1.807) is 16.4 Å². The van der Waals surface area contributed by atoms with Crippen molar-refractivity contribution in [1.29, 1.82) is 0 Å². The summed E-state index contributed by atoms with van der Waals surface area (Å²) >= 11 is 0. The first kappa shape index (κ1) is 26.3. The summed E-state index contributed by atoms with van der Waals surface area (Å²) in [4.78, 5) is 12.5. The summed E-state index contributed by atoms with van der Waals surface area (Å²) < 4.78 is 28.0. The number of sulfonamides is 1. The van der Waals surface area contributed by atoms with Crippen LogP contribution < -0.4 is 5.32 Å². The molecule has 5 rings (SSSR count). The number of hydrogen-bond acceptors (Lipinski definition) is 6. The van der Waals surface area contributed by atoms with Gasteiger partial charge in [0.05, 0.1) is 16.5 Å². The van der Waals surface area contributed by atoms with Gasteiger partial charge in [0, 0.05) is 37.3 Å². The lowest BCUT2D eigenvalue weighted by Gasteiger charge is -2.37. The first-order valence-electron chi connectivity index (χ1n) is 13.2. The Morgan fingerprint density at radius 1 is 0.868 bits per heavy atom. The third-order valence-electron chi connectivity index (χ3n) is 7.51. The average molecular weight is 530 g/mol. The van der Waals surface area contributed by atoms with Crippen LogP contribution in [0.2, 0.25) is 0 Å². The van der Waals surface area contributed by atoms with Gasteiger partial charge in [-0.3, -0.25) is 4.90 Å². The highest BCUT2D eigenvalue weighted by Crippen LogP contribution is 2.30. The van der Waals surface area contributed by atoms with Crippen LogP contribution in [0.3, 0.4) is 0 Å². The van der Waals surface area contributed by atoms with Gasteiger partial charge in [-0.05, 0) is 68.1 Å². The average Bonchev–Trinajstić information content (AvgIpc) is 2.94. The van der Waals surface area contributed by atoms with E-state index in [2.05, 4.69) is 56.1 Å². The molecule has 3 aromatic carbocycles. The number of para-hydroxylation sites is 2. The lowest BCUT2D eigenvalue weighted by molar-refractivity contribution is 0.141. The third-order valence-corrected chi connectivity index (χ3v) is 9.42. The number of rotatable bonds is 7. The van der Waals surface area contributed by atoms with Gasteiger partial charge in [-0.25, -0.2) is 18.4 Å². The Kier molecular flexibility index (Phi) is 7.47. The molecule has 0 bridgehead atoms. The molecule has 0 spiro atoms. The highest BCUT2D eigenvalue weighted by molar-refractivity contribution is 7.89. The summed E-state index contributed by atoms with van der Waals surface area (Å²) in [5.41, 5.74) is 5.38. The maximum atomic E-state index is 13.2. The lowest BCUT2D eigenvalue weighted by atomic mass is 10.1. The van der Waals surface area contributed by atoms with E-state index in [1.807, 2.05) is 36.4 Å². The lowest BCUT2D eigenvalue weighted by Crippen LogP contribution is -2.49. The Labute approximate surface area is 225 Å². The SMILES string of the molecule is CCc1ccc(S(=O)(=O)N2CCN([C@H](C)c3nc(Nc4c(C)cccc4C)c4ccccc4n3)CC2)cc1. The molecule has 1 atom stereocenters. The number of piperazine rings is 1. The fourth-order valence-corrected chi connectivity index (χ4v) is 6.47. The smallest absolute Gasteiger partial charge is 0.243 e. The van der Waals surface area contributed by atoms with Crippen LogP contribution in [-0.4, -0.2) is 53.8 Å². The number of nitrogens with zero attached hydrogens (tertiary/aromatic N) is 4. The second-order valence-electron chi connectivity index (χ2n) is 9.95. The molecule has 4 aromatic rings. The maximum absolute atomic E-state index is 13.2. The van der Waals surface area contributed by atoms with E-state index in [9.17, 15) is 8.42 Å². The van der Waals surface area contributed by atoms with Gasteiger partial charge in [0.15, 0.2) is 0 Å². The normalized spacial score (nSPS) is 16.0. The summed E-state index contributed by atoms with van der Waals surface area (Å²) in [7, 11) is -3.51. The minimum Gasteiger partial charge on any atom is -0.339 e.